The number of hydrogen-bond donors (Lipinski definition) is 2. The molecule has 116 valence electrons. The normalized spacial score (nSPS) is 11.1. The first kappa shape index (κ1) is 15.8. The van der Waals surface area contributed by atoms with E-state index in [1.807, 2.05) is 4.98 Å². The molecule has 2 rings (SSSR count). The van der Waals surface area contributed by atoms with Gasteiger partial charge in [-0.05, 0) is 19.1 Å². The van der Waals surface area contributed by atoms with Gasteiger partial charge in [0.1, 0.15) is 0 Å². The van der Waals surface area contributed by atoms with Crippen LogP contribution in [0.4, 0.5) is 5.69 Å². The molecule has 0 atom stereocenters. The van der Waals surface area contributed by atoms with Crippen LogP contribution in [-0.2, 0) is 10.0 Å². The number of nitrogens with one attached hydrogen (secondary N) is 2. The summed E-state index contributed by atoms with van der Waals surface area (Å²) < 4.78 is 26.7. The largest absolute Gasteiger partial charge is 0.325 e. The Hall–Kier alpha value is -2.61. The maximum atomic E-state index is 12.8. The fourth-order valence-electron chi connectivity index (χ4n) is 2.06. The lowest BCUT2D eigenvalue weighted by Crippen LogP contribution is -2.38. The first-order valence-electron chi connectivity index (χ1n) is 6.40. The van der Waals surface area contributed by atoms with Crippen molar-refractivity contribution in [2.24, 2.45) is 0 Å². The van der Waals surface area contributed by atoms with Crippen molar-refractivity contribution in [3.8, 4) is 0 Å². The fraction of sp³-hybridized carbons (Fsp3) is 0.143. The van der Waals surface area contributed by atoms with E-state index < -0.39 is 26.2 Å². The van der Waals surface area contributed by atoms with E-state index >= 15 is 0 Å². The zero-order chi connectivity index (χ0) is 16.3. The van der Waals surface area contributed by atoms with Crippen LogP contribution in [-0.4, -0.2) is 24.9 Å². The van der Waals surface area contributed by atoms with Crippen LogP contribution in [0.5, 0.6) is 0 Å². The number of sulfonamides is 1. The highest BCUT2D eigenvalue weighted by Crippen LogP contribution is 2.22. The number of rotatable bonds is 5. The van der Waals surface area contributed by atoms with Crippen molar-refractivity contribution in [3.63, 3.8) is 0 Å². The second-order valence-corrected chi connectivity index (χ2v) is 6.32. The molecule has 0 radical (unpaired) electrons. The first-order chi connectivity index (χ1) is 10.4. The summed E-state index contributed by atoms with van der Waals surface area (Å²) in [5.41, 5.74) is -1.33. The van der Waals surface area contributed by atoms with Crippen LogP contribution in [0.1, 0.15) is 5.69 Å². The van der Waals surface area contributed by atoms with E-state index in [1.54, 1.807) is 30.3 Å². The van der Waals surface area contributed by atoms with Crippen molar-refractivity contribution in [1.29, 1.82) is 0 Å². The summed E-state index contributed by atoms with van der Waals surface area (Å²) in [6.07, 6.45) is 1.42. The summed E-state index contributed by atoms with van der Waals surface area (Å²) >= 11 is 0. The van der Waals surface area contributed by atoms with Crippen LogP contribution < -0.4 is 15.6 Å². The Morgan fingerprint density at radius 3 is 2.36 bits per heavy atom. The van der Waals surface area contributed by atoms with Gasteiger partial charge in [0.05, 0.1) is 12.2 Å². The Balaban J connectivity index is 2.69. The highest BCUT2D eigenvalue weighted by molar-refractivity contribution is 7.92. The maximum Gasteiger partial charge on any atom is 0.325 e. The standard InChI is InChI=1S/C14H15N3O4S/c1-3-9-17(11-7-5-4-6-8-11)22(20,21)12-10(2)15-14(19)16-13(12)18/h3-8H,1,9H2,2H3,(H2,15,16,18,19). The molecule has 0 unspecified atom stereocenters. The smallest absolute Gasteiger partial charge is 0.310 e. The summed E-state index contributed by atoms with van der Waals surface area (Å²) in [7, 11) is -4.15. The number of hydrogen-bond acceptors (Lipinski definition) is 4. The minimum absolute atomic E-state index is 0.00957. The quantitative estimate of drug-likeness (QED) is 0.793. The molecule has 0 saturated carbocycles. The van der Waals surface area contributed by atoms with Gasteiger partial charge in [0.15, 0.2) is 4.90 Å². The van der Waals surface area contributed by atoms with Crippen LogP contribution >= 0.6 is 0 Å². The maximum absolute atomic E-state index is 12.8. The lowest BCUT2D eigenvalue weighted by Gasteiger charge is -2.23. The van der Waals surface area contributed by atoms with Crippen LogP contribution in [0.15, 0.2) is 57.5 Å². The Morgan fingerprint density at radius 1 is 1.18 bits per heavy atom. The van der Waals surface area contributed by atoms with Crippen molar-refractivity contribution in [2.45, 2.75) is 11.8 Å². The number of aromatic amines is 2. The third-order valence-corrected chi connectivity index (χ3v) is 4.91. The molecular weight excluding hydrogens is 306 g/mol. The van der Waals surface area contributed by atoms with Crippen molar-refractivity contribution >= 4 is 15.7 Å². The van der Waals surface area contributed by atoms with Crippen LogP contribution in [0.25, 0.3) is 0 Å². The van der Waals surface area contributed by atoms with E-state index in [0.717, 1.165) is 4.31 Å². The second kappa shape index (κ2) is 6.02. The predicted molar refractivity (Wildman–Crippen MR) is 83.6 cm³/mol. The lowest BCUT2D eigenvalue weighted by molar-refractivity contribution is 0.589. The Bertz CT molecular complexity index is 898. The fourth-order valence-corrected chi connectivity index (χ4v) is 3.71. The summed E-state index contributed by atoms with van der Waals surface area (Å²) in [6, 6.07) is 8.34. The van der Waals surface area contributed by atoms with Crippen LogP contribution in [0, 0.1) is 6.92 Å². The Labute approximate surface area is 127 Å². The number of nitrogens with zero attached hydrogens (tertiary/aromatic N) is 1. The molecule has 7 nitrogen and oxygen atoms in total. The highest BCUT2D eigenvalue weighted by atomic mass is 32.2. The average molecular weight is 321 g/mol. The molecule has 2 aromatic rings. The highest BCUT2D eigenvalue weighted by Gasteiger charge is 2.29. The summed E-state index contributed by atoms with van der Waals surface area (Å²) in [5, 5.41) is 0. The molecule has 0 spiro atoms. The second-order valence-electron chi connectivity index (χ2n) is 4.52. The van der Waals surface area contributed by atoms with Crippen molar-refractivity contribution in [2.75, 3.05) is 10.8 Å². The van der Waals surface area contributed by atoms with Crippen molar-refractivity contribution in [3.05, 3.63) is 69.5 Å². The molecule has 0 aliphatic carbocycles. The van der Waals surface area contributed by atoms with Crippen molar-refractivity contribution in [1.82, 2.24) is 9.97 Å². The average Bonchev–Trinajstić information content (AvgIpc) is 2.44. The molecule has 1 aromatic heterocycles. The van der Waals surface area contributed by atoms with Gasteiger partial charge in [-0.15, -0.1) is 6.58 Å². The first-order valence-corrected chi connectivity index (χ1v) is 7.84. The van der Waals surface area contributed by atoms with Gasteiger partial charge >= 0.3 is 5.69 Å². The number of anilines is 1. The zero-order valence-electron chi connectivity index (χ0n) is 11.9. The summed E-state index contributed by atoms with van der Waals surface area (Å²) in [6.45, 7) is 4.89. The van der Waals surface area contributed by atoms with Crippen LogP contribution in [0.3, 0.4) is 0 Å². The minimum Gasteiger partial charge on any atom is -0.310 e. The van der Waals surface area contributed by atoms with Gasteiger partial charge < -0.3 is 4.98 Å². The number of para-hydroxylation sites is 1. The molecule has 1 aromatic carbocycles. The molecule has 0 fully saturated rings. The van der Waals surface area contributed by atoms with E-state index in [0.29, 0.717) is 5.69 Å². The van der Waals surface area contributed by atoms with Crippen LogP contribution in [0.2, 0.25) is 0 Å². The topological polar surface area (TPSA) is 103 Å². The number of aromatic nitrogens is 2. The lowest BCUT2D eigenvalue weighted by atomic mass is 10.3. The van der Waals surface area contributed by atoms with Gasteiger partial charge in [-0.1, -0.05) is 24.3 Å². The van der Waals surface area contributed by atoms with Gasteiger partial charge in [0.25, 0.3) is 15.6 Å². The van der Waals surface area contributed by atoms with Gasteiger partial charge in [-0.2, -0.15) is 0 Å². The van der Waals surface area contributed by atoms with Gasteiger partial charge in [0.2, 0.25) is 0 Å². The Morgan fingerprint density at radius 2 is 1.82 bits per heavy atom. The third-order valence-electron chi connectivity index (χ3n) is 2.96. The van der Waals surface area contributed by atoms with Gasteiger partial charge in [-0.3, -0.25) is 14.1 Å². The minimum atomic E-state index is -4.15. The molecule has 22 heavy (non-hydrogen) atoms. The monoisotopic (exact) mass is 321 g/mol. The summed E-state index contributed by atoms with van der Waals surface area (Å²) in [4.78, 5) is 26.9. The van der Waals surface area contributed by atoms with Gasteiger partial charge in [-0.25, -0.2) is 13.2 Å². The Kier molecular flexibility index (Phi) is 4.32. The summed E-state index contributed by atoms with van der Waals surface area (Å²) in [5.74, 6) is 0. The molecule has 0 aliphatic rings. The molecule has 2 N–H and O–H groups in total. The zero-order valence-corrected chi connectivity index (χ0v) is 12.7. The van der Waals surface area contributed by atoms with E-state index in [1.165, 1.54) is 13.0 Å². The number of H-pyrrole nitrogens is 2. The SMILES string of the molecule is C=CCN(c1ccccc1)S(=O)(=O)c1c(C)[nH]c(=O)[nH]c1=O. The molecule has 1 heterocycles. The molecule has 0 amide bonds. The van der Waals surface area contributed by atoms with E-state index in [4.69, 9.17) is 0 Å². The molecule has 0 aliphatic heterocycles. The molecule has 0 saturated heterocycles. The van der Waals surface area contributed by atoms with E-state index in [9.17, 15) is 18.0 Å². The number of aryl methyl sites for hydroxylation is 1. The van der Waals surface area contributed by atoms with E-state index in [2.05, 4.69) is 11.6 Å². The molecule has 0 bridgehead atoms. The predicted octanol–water partition coefficient (Wildman–Crippen LogP) is 0.753. The molecule has 8 heteroatoms. The third kappa shape index (κ3) is 2.86. The molecular formula is C14H15N3O4S. The van der Waals surface area contributed by atoms with E-state index in [-0.39, 0.29) is 12.2 Å². The van der Waals surface area contributed by atoms with Crippen molar-refractivity contribution < 1.29 is 8.42 Å². The number of benzene rings is 1. The van der Waals surface area contributed by atoms with Gasteiger partial charge in [0, 0.05) is 5.69 Å².